The molecule has 0 atom stereocenters. The summed E-state index contributed by atoms with van der Waals surface area (Å²) in [6, 6.07) is 11.0. The van der Waals surface area contributed by atoms with Crippen LogP contribution >= 0.6 is 11.6 Å². The van der Waals surface area contributed by atoms with Gasteiger partial charge in [-0.05, 0) is 50.6 Å². The third-order valence-electron chi connectivity index (χ3n) is 4.11. The van der Waals surface area contributed by atoms with E-state index in [1.165, 1.54) is 0 Å². The van der Waals surface area contributed by atoms with Crippen molar-refractivity contribution in [3.63, 3.8) is 0 Å². The zero-order valence-electron chi connectivity index (χ0n) is 15.0. The molecule has 1 heterocycles. The summed E-state index contributed by atoms with van der Waals surface area (Å²) in [6.45, 7) is 5.73. The fourth-order valence-electron chi connectivity index (χ4n) is 2.73. The molecule has 0 aliphatic rings. The number of carbonyl (C=O) groups is 1. The first-order chi connectivity index (χ1) is 12.4. The number of methoxy groups -OCH3 is 1. The van der Waals surface area contributed by atoms with Gasteiger partial charge in [-0.3, -0.25) is 4.79 Å². The number of aromatic nitrogens is 3. The van der Waals surface area contributed by atoms with Gasteiger partial charge in [0, 0.05) is 10.7 Å². The van der Waals surface area contributed by atoms with Crippen molar-refractivity contribution >= 4 is 23.2 Å². The van der Waals surface area contributed by atoms with E-state index in [-0.39, 0.29) is 11.6 Å². The molecule has 0 spiro atoms. The van der Waals surface area contributed by atoms with Crippen molar-refractivity contribution in [3.05, 3.63) is 63.9 Å². The van der Waals surface area contributed by atoms with Crippen LogP contribution in [-0.4, -0.2) is 28.0 Å². The summed E-state index contributed by atoms with van der Waals surface area (Å²) in [5, 5.41) is 11.6. The van der Waals surface area contributed by atoms with Gasteiger partial charge in [-0.1, -0.05) is 34.5 Å². The van der Waals surface area contributed by atoms with Gasteiger partial charge >= 0.3 is 0 Å². The van der Waals surface area contributed by atoms with Crippen LogP contribution < -0.4 is 10.1 Å². The SMILES string of the molecule is COc1ccc(Cl)cc1-n1nnc(C(=O)Nc2ccc(C)cc2C)c1C. The summed E-state index contributed by atoms with van der Waals surface area (Å²) >= 11 is 6.09. The number of nitrogens with one attached hydrogen (secondary N) is 1. The largest absolute Gasteiger partial charge is 0.494 e. The highest BCUT2D eigenvalue weighted by Crippen LogP contribution is 2.27. The monoisotopic (exact) mass is 370 g/mol. The molecule has 134 valence electrons. The molecule has 1 aromatic heterocycles. The summed E-state index contributed by atoms with van der Waals surface area (Å²) in [7, 11) is 1.56. The van der Waals surface area contributed by atoms with Crippen molar-refractivity contribution in [2.75, 3.05) is 12.4 Å². The molecule has 0 fully saturated rings. The number of aryl methyl sites for hydroxylation is 2. The Morgan fingerprint density at radius 2 is 1.92 bits per heavy atom. The minimum absolute atomic E-state index is 0.243. The number of hydrogen-bond donors (Lipinski definition) is 1. The number of halogens is 1. The summed E-state index contributed by atoms with van der Waals surface area (Å²) in [6.07, 6.45) is 0. The van der Waals surface area contributed by atoms with Crippen molar-refractivity contribution < 1.29 is 9.53 Å². The molecule has 0 aliphatic heterocycles. The fraction of sp³-hybridized carbons (Fsp3) is 0.211. The van der Waals surface area contributed by atoms with Gasteiger partial charge in [-0.2, -0.15) is 0 Å². The quantitative estimate of drug-likeness (QED) is 0.750. The lowest BCUT2D eigenvalue weighted by atomic mass is 10.1. The molecule has 1 N–H and O–H groups in total. The van der Waals surface area contributed by atoms with Crippen molar-refractivity contribution in [3.8, 4) is 11.4 Å². The van der Waals surface area contributed by atoms with Gasteiger partial charge in [0.2, 0.25) is 0 Å². The zero-order valence-corrected chi connectivity index (χ0v) is 15.8. The predicted octanol–water partition coefficient (Wildman–Crippen LogP) is 4.11. The van der Waals surface area contributed by atoms with E-state index in [2.05, 4.69) is 15.6 Å². The van der Waals surface area contributed by atoms with Crippen molar-refractivity contribution in [2.45, 2.75) is 20.8 Å². The third kappa shape index (κ3) is 3.41. The lowest BCUT2D eigenvalue weighted by Gasteiger charge is -2.10. The molecule has 26 heavy (non-hydrogen) atoms. The first kappa shape index (κ1) is 17.9. The highest BCUT2D eigenvalue weighted by molar-refractivity contribution is 6.30. The second-order valence-electron chi connectivity index (χ2n) is 6.02. The Bertz CT molecular complexity index is 982. The van der Waals surface area contributed by atoms with Crippen LogP contribution in [0.15, 0.2) is 36.4 Å². The van der Waals surface area contributed by atoms with Crippen LogP contribution in [0, 0.1) is 20.8 Å². The van der Waals surface area contributed by atoms with Crippen LogP contribution in [-0.2, 0) is 0 Å². The van der Waals surface area contributed by atoms with E-state index < -0.39 is 0 Å². The number of ether oxygens (including phenoxy) is 1. The van der Waals surface area contributed by atoms with Gasteiger partial charge in [0.05, 0.1) is 12.8 Å². The van der Waals surface area contributed by atoms with Crippen molar-refractivity contribution in [1.82, 2.24) is 15.0 Å². The van der Waals surface area contributed by atoms with E-state index >= 15 is 0 Å². The molecule has 0 saturated carbocycles. The molecule has 0 unspecified atom stereocenters. The maximum absolute atomic E-state index is 12.7. The molecule has 2 aromatic carbocycles. The van der Waals surface area contributed by atoms with Gasteiger partial charge in [-0.25, -0.2) is 4.68 Å². The standard InChI is InChI=1S/C19H19ClN4O2/c1-11-5-7-15(12(2)9-11)21-19(25)18-13(3)24(23-22-18)16-10-14(20)6-8-17(16)26-4/h5-10H,1-4H3,(H,21,25). The first-order valence-electron chi connectivity index (χ1n) is 8.05. The number of nitrogens with zero attached hydrogens (tertiary/aromatic N) is 3. The molecule has 1 amide bonds. The summed E-state index contributed by atoms with van der Waals surface area (Å²) in [5.74, 6) is 0.269. The van der Waals surface area contributed by atoms with Crippen LogP contribution in [0.25, 0.3) is 5.69 Å². The van der Waals surface area contributed by atoms with E-state index in [1.807, 2.05) is 32.0 Å². The molecule has 0 aliphatic carbocycles. The number of carbonyl (C=O) groups excluding carboxylic acids is 1. The Balaban J connectivity index is 1.94. The van der Waals surface area contributed by atoms with Crippen LogP contribution in [0.1, 0.15) is 27.3 Å². The van der Waals surface area contributed by atoms with Crippen LogP contribution in [0.4, 0.5) is 5.69 Å². The predicted molar refractivity (Wildman–Crippen MR) is 102 cm³/mol. The summed E-state index contributed by atoms with van der Waals surface area (Å²) in [5.41, 5.74) is 4.32. The Kier molecular flexibility index (Phi) is 4.95. The molecular formula is C19H19ClN4O2. The van der Waals surface area contributed by atoms with E-state index in [1.54, 1.807) is 36.9 Å². The smallest absolute Gasteiger partial charge is 0.278 e. The Morgan fingerprint density at radius 1 is 1.15 bits per heavy atom. The molecule has 0 saturated heterocycles. The normalized spacial score (nSPS) is 10.7. The number of benzene rings is 2. The molecular weight excluding hydrogens is 352 g/mol. The maximum atomic E-state index is 12.7. The van der Waals surface area contributed by atoms with Crippen LogP contribution in [0.5, 0.6) is 5.75 Å². The van der Waals surface area contributed by atoms with Crippen molar-refractivity contribution in [2.24, 2.45) is 0 Å². The molecule has 7 heteroatoms. The van der Waals surface area contributed by atoms with Gasteiger partial charge in [0.1, 0.15) is 11.4 Å². The second-order valence-corrected chi connectivity index (χ2v) is 6.46. The molecule has 0 radical (unpaired) electrons. The number of amides is 1. The minimum atomic E-state index is -0.318. The van der Waals surface area contributed by atoms with Gasteiger partial charge in [0.15, 0.2) is 5.69 Å². The van der Waals surface area contributed by atoms with E-state index in [0.717, 1.165) is 16.8 Å². The van der Waals surface area contributed by atoms with Gasteiger partial charge in [0.25, 0.3) is 5.91 Å². The Labute approximate surface area is 156 Å². The number of rotatable bonds is 4. The Morgan fingerprint density at radius 3 is 2.62 bits per heavy atom. The topological polar surface area (TPSA) is 69.0 Å². The van der Waals surface area contributed by atoms with Crippen LogP contribution in [0.2, 0.25) is 5.02 Å². The lowest BCUT2D eigenvalue weighted by Crippen LogP contribution is -2.15. The van der Waals surface area contributed by atoms with Crippen molar-refractivity contribution in [1.29, 1.82) is 0 Å². The Hall–Kier alpha value is -2.86. The molecule has 3 rings (SSSR count). The average Bonchev–Trinajstić information content (AvgIpc) is 2.98. The average molecular weight is 371 g/mol. The number of hydrogen-bond acceptors (Lipinski definition) is 4. The highest BCUT2D eigenvalue weighted by atomic mass is 35.5. The molecule has 3 aromatic rings. The third-order valence-corrected chi connectivity index (χ3v) is 4.34. The van der Waals surface area contributed by atoms with E-state index in [4.69, 9.17) is 16.3 Å². The molecule has 0 bridgehead atoms. The minimum Gasteiger partial charge on any atom is -0.494 e. The second kappa shape index (κ2) is 7.17. The van der Waals surface area contributed by atoms with Gasteiger partial charge in [-0.15, -0.1) is 5.10 Å². The maximum Gasteiger partial charge on any atom is 0.278 e. The fourth-order valence-corrected chi connectivity index (χ4v) is 2.90. The lowest BCUT2D eigenvalue weighted by molar-refractivity contribution is 0.102. The highest BCUT2D eigenvalue weighted by Gasteiger charge is 2.20. The summed E-state index contributed by atoms with van der Waals surface area (Å²) < 4.78 is 6.90. The summed E-state index contributed by atoms with van der Waals surface area (Å²) in [4.78, 5) is 12.7. The molecule has 6 nitrogen and oxygen atoms in total. The van der Waals surface area contributed by atoms with E-state index in [9.17, 15) is 4.79 Å². The van der Waals surface area contributed by atoms with Gasteiger partial charge < -0.3 is 10.1 Å². The zero-order chi connectivity index (χ0) is 18.8. The van der Waals surface area contributed by atoms with E-state index in [0.29, 0.717) is 22.2 Å². The first-order valence-corrected chi connectivity index (χ1v) is 8.43. The number of anilines is 1. The van der Waals surface area contributed by atoms with Crippen LogP contribution in [0.3, 0.4) is 0 Å².